The number of aryl methyl sites for hydroxylation is 1. The highest BCUT2D eigenvalue weighted by atomic mass is 32.2. The third kappa shape index (κ3) is 11.8. The van der Waals surface area contributed by atoms with Crippen molar-refractivity contribution in [3.63, 3.8) is 0 Å². The predicted octanol–water partition coefficient (Wildman–Crippen LogP) is 6.94. The minimum absolute atomic E-state index is 1.17. The van der Waals surface area contributed by atoms with Crippen molar-refractivity contribution in [1.82, 2.24) is 0 Å². The largest absolute Gasteiger partial charge is 0.162 e. The number of unbranched alkanes of at least 4 members (excludes halogenated alkanes) is 6. The molecule has 0 bridgehead atoms. The average molecular weight is 361 g/mol. The molecule has 1 aromatic carbocycles. The fourth-order valence-corrected chi connectivity index (χ4v) is 3.79. The molecule has 24 heavy (non-hydrogen) atoms. The molecule has 2 heteroatoms. The number of hydrogen-bond donors (Lipinski definition) is 0. The second-order valence-corrected chi connectivity index (χ2v) is 13.8. The zero-order valence-corrected chi connectivity index (χ0v) is 18.1. The first-order valence-corrected chi connectivity index (χ1v) is 14.4. The van der Waals surface area contributed by atoms with Crippen LogP contribution in [0.5, 0.6) is 0 Å². The maximum atomic E-state index is 3.43. The normalized spacial score (nSPS) is 11.2. The quantitative estimate of drug-likeness (QED) is 0.234. The van der Waals surface area contributed by atoms with E-state index >= 15 is 0 Å². The van der Waals surface area contributed by atoms with Gasteiger partial charge in [-0.05, 0) is 48.5 Å². The van der Waals surface area contributed by atoms with Crippen LogP contribution >= 0.6 is 11.8 Å². The molecule has 0 heterocycles. The Morgan fingerprint density at radius 2 is 1.42 bits per heavy atom. The van der Waals surface area contributed by atoms with Crippen LogP contribution in [0, 0.1) is 11.5 Å². The van der Waals surface area contributed by atoms with E-state index in [4.69, 9.17) is 0 Å². The highest BCUT2D eigenvalue weighted by Crippen LogP contribution is 2.13. The molecular weight excluding hydrogens is 324 g/mol. The Kier molecular flexibility index (Phi) is 11.3. The molecule has 0 N–H and O–H groups in total. The summed E-state index contributed by atoms with van der Waals surface area (Å²) < 4.78 is 0. The lowest BCUT2D eigenvalue weighted by molar-refractivity contribution is 0.590. The van der Waals surface area contributed by atoms with Gasteiger partial charge in [0.2, 0.25) is 0 Å². The third-order valence-corrected chi connectivity index (χ3v) is 5.85. The molecule has 0 unspecified atom stereocenters. The Balaban J connectivity index is 2.10. The first kappa shape index (κ1) is 21.4. The average Bonchev–Trinajstić information content (AvgIpc) is 2.55. The van der Waals surface area contributed by atoms with Gasteiger partial charge in [0.1, 0.15) is 8.07 Å². The molecule has 0 radical (unpaired) electrons. The van der Waals surface area contributed by atoms with E-state index in [0.717, 1.165) is 0 Å². The van der Waals surface area contributed by atoms with E-state index in [1.807, 2.05) is 0 Å². The van der Waals surface area contributed by atoms with E-state index < -0.39 is 8.07 Å². The lowest BCUT2D eigenvalue weighted by atomic mass is 10.0. The van der Waals surface area contributed by atoms with Gasteiger partial charge in [0.05, 0.1) is 0 Å². The molecule has 0 fully saturated rings. The highest BCUT2D eigenvalue weighted by molar-refractivity contribution is 7.99. The lowest BCUT2D eigenvalue weighted by Crippen LogP contribution is -2.16. The van der Waals surface area contributed by atoms with E-state index in [0.29, 0.717) is 0 Å². The van der Waals surface area contributed by atoms with Gasteiger partial charge in [-0.3, -0.25) is 0 Å². The summed E-state index contributed by atoms with van der Waals surface area (Å²) >= 11 is 2.08. The van der Waals surface area contributed by atoms with Crippen molar-refractivity contribution >= 4 is 19.8 Å². The highest BCUT2D eigenvalue weighted by Gasteiger charge is 2.07. The summed E-state index contributed by atoms with van der Waals surface area (Å²) in [7, 11) is -1.26. The lowest BCUT2D eigenvalue weighted by Gasteiger charge is -2.04. The minimum Gasteiger partial charge on any atom is -0.162 e. The van der Waals surface area contributed by atoms with E-state index in [-0.39, 0.29) is 0 Å². The second kappa shape index (κ2) is 12.7. The molecule has 0 saturated heterocycles. The minimum atomic E-state index is -1.26. The Hall–Kier alpha value is -0.653. The number of thioether (sulfide) groups is 1. The summed E-state index contributed by atoms with van der Waals surface area (Å²) in [6, 6.07) is 8.91. The van der Waals surface area contributed by atoms with Crippen LogP contribution in [-0.2, 0) is 6.42 Å². The van der Waals surface area contributed by atoms with Crippen molar-refractivity contribution in [3.05, 3.63) is 35.4 Å². The Morgan fingerprint density at radius 1 is 0.833 bits per heavy atom. The maximum absolute atomic E-state index is 3.43. The van der Waals surface area contributed by atoms with E-state index in [2.05, 4.69) is 74.1 Å². The van der Waals surface area contributed by atoms with Crippen LogP contribution in [0.15, 0.2) is 24.3 Å². The molecule has 0 nitrogen and oxygen atoms in total. The molecular formula is C22H36SSi. The number of hydrogen-bond acceptors (Lipinski definition) is 1. The molecule has 0 aliphatic rings. The summed E-state index contributed by atoms with van der Waals surface area (Å²) in [6.07, 6.45) is 11.0. The van der Waals surface area contributed by atoms with Gasteiger partial charge in [-0.1, -0.05) is 76.7 Å². The summed E-state index contributed by atoms with van der Waals surface area (Å²) in [6.45, 7) is 9.12. The van der Waals surface area contributed by atoms with Crippen LogP contribution in [-0.4, -0.2) is 19.6 Å². The fourth-order valence-electron chi connectivity index (χ4n) is 2.58. The van der Waals surface area contributed by atoms with Gasteiger partial charge >= 0.3 is 0 Å². The molecule has 0 aliphatic heterocycles. The molecule has 0 saturated carbocycles. The third-order valence-electron chi connectivity index (χ3n) is 3.99. The molecule has 1 aromatic rings. The maximum Gasteiger partial charge on any atom is 0.129 e. The molecule has 0 amide bonds. The van der Waals surface area contributed by atoms with Gasteiger partial charge in [-0.2, -0.15) is 11.8 Å². The zero-order valence-electron chi connectivity index (χ0n) is 16.3. The fraction of sp³-hybridized carbons (Fsp3) is 0.636. The smallest absolute Gasteiger partial charge is 0.129 e. The van der Waals surface area contributed by atoms with Crippen molar-refractivity contribution in [3.8, 4) is 11.5 Å². The number of benzene rings is 1. The van der Waals surface area contributed by atoms with E-state index in [1.54, 1.807) is 0 Å². The SMILES string of the molecule is CCSCCCCCCCCCc1ccc(C#C[Si](C)(C)C)cc1. The van der Waals surface area contributed by atoms with Crippen LogP contribution in [0.1, 0.15) is 63.0 Å². The molecule has 0 atom stereocenters. The van der Waals surface area contributed by atoms with Crippen molar-refractivity contribution in [2.75, 3.05) is 11.5 Å². The van der Waals surface area contributed by atoms with Crippen LogP contribution < -0.4 is 0 Å². The molecule has 134 valence electrons. The van der Waals surface area contributed by atoms with Gasteiger partial charge in [0.15, 0.2) is 0 Å². The Labute approximate surface area is 156 Å². The van der Waals surface area contributed by atoms with Crippen LogP contribution in [0.3, 0.4) is 0 Å². The topological polar surface area (TPSA) is 0 Å². The Bertz CT molecular complexity index is 487. The first-order chi connectivity index (χ1) is 11.5. The van der Waals surface area contributed by atoms with Crippen LogP contribution in [0.4, 0.5) is 0 Å². The Morgan fingerprint density at radius 3 is 2.00 bits per heavy atom. The van der Waals surface area contributed by atoms with Gasteiger partial charge in [-0.25, -0.2) is 0 Å². The first-order valence-electron chi connectivity index (χ1n) is 9.71. The van der Waals surface area contributed by atoms with Crippen LogP contribution in [0.25, 0.3) is 0 Å². The van der Waals surface area contributed by atoms with E-state index in [1.165, 1.54) is 74.0 Å². The van der Waals surface area contributed by atoms with Gasteiger partial charge in [0.25, 0.3) is 0 Å². The van der Waals surface area contributed by atoms with Gasteiger partial charge in [0, 0.05) is 5.56 Å². The van der Waals surface area contributed by atoms with Gasteiger partial charge in [-0.15, -0.1) is 5.54 Å². The predicted molar refractivity (Wildman–Crippen MR) is 116 cm³/mol. The summed E-state index contributed by atoms with van der Waals surface area (Å²) in [5.74, 6) is 5.96. The number of rotatable bonds is 11. The second-order valence-electron chi connectivity index (χ2n) is 7.62. The van der Waals surface area contributed by atoms with E-state index in [9.17, 15) is 0 Å². The summed E-state index contributed by atoms with van der Waals surface area (Å²) in [5, 5.41) is 0. The van der Waals surface area contributed by atoms with Crippen molar-refractivity contribution < 1.29 is 0 Å². The zero-order chi connectivity index (χ0) is 17.7. The van der Waals surface area contributed by atoms with Crippen molar-refractivity contribution in [1.29, 1.82) is 0 Å². The molecule has 0 spiro atoms. The molecule has 0 aliphatic carbocycles. The van der Waals surface area contributed by atoms with Crippen molar-refractivity contribution in [2.24, 2.45) is 0 Å². The van der Waals surface area contributed by atoms with Crippen LogP contribution in [0.2, 0.25) is 19.6 Å². The van der Waals surface area contributed by atoms with Gasteiger partial charge < -0.3 is 0 Å². The monoisotopic (exact) mass is 360 g/mol. The summed E-state index contributed by atoms with van der Waals surface area (Å²) in [4.78, 5) is 0. The molecule has 1 rings (SSSR count). The standard InChI is InChI=1S/C22H36SSi/c1-5-23-19-12-10-8-6-7-9-11-13-21-14-16-22(17-15-21)18-20-24(2,3)4/h14-17H,5-13,19H2,1-4H3. The van der Waals surface area contributed by atoms with Crippen molar-refractivity contribution in [2.45, 2.75) is 77.9 Å². The molecule has 0 aromatic heterocycles. The summed E-state index contributed by atoms with van der Waals surface area (Å²) in [5.41, 5.74) is 6.06.